The average Bonchev–Trinajstić information content (AvgIpc) is 3.05. The number of anilines is 1. The van der Waals surface area contributed by atoms with Crippen molar-refractivity contribution >= 4 is 11.6 Å². The predicted octanol–water partition coefficient (Wildman–Crippen LogP) is 1.47. The van der Waals surface area contributed by atoms with Crippen LogP contribution in [0.5, 0.6) is 0 Å². The highest BCUT2D eigenvalue weighted by atomic mass is 16.2. The van der Waals surface area contributed by atoms with E-state index in [1.54, 1.807) is 10.9 Å². The maximum atomic E-state index is 11.4. The molecule has 110 valence electrons. The van der Waals surface area contributed by atoms with Crippen LogP contribution in [0.3, 0.4) is 0 Å². The highest BCUT2D eigenvalue weighted by Crippen LogP contribution is 2.21. The van der Waals surface area contributed by atoms with Crippen molar-refractivity contribution in [3.8, 4) is 5.69 Å². The number of nitrogens with zero attached hydrogens (tertiary/aromatic N) is 3. The van der Waals surface area contributed by atoms with Crippen molar-refractivity contribution in [2.24, 2.45) is 5.84 Å². The van der Waals surface area contributed by atoms with Crippen molar-refractivity contribution in [3.63, 3.8) is 0 Å². The zero-order chi connectivity index (χ0) is 14.7. The second-order valence-electron chi connectivity index (χ2n) is 5.21. The molecule has 6 heteroatoms. The van der Waals surface area contributed by atoms with Crippen LogP contribution in [0.15, 0.2) is 36.7 Å². The molecule has 6 nitrogen and oxygen atoms in total. The first kappa shape index (κ1) is 13.6. The summed E-state index contributed by atoms with van der Waals surface area (Å²) >= 11 is 0. The van der Waals surface area contributed by atoms with Crippen LogP contribution in [0.1, 0.15) is 29.6 Å². The van der Waals surface area contributed by atoms with E-state index in [1.165, 1.54) is 31.1 Å². The molecule has 1 aromatic heterocycles. The van der Waals surface area contributed by atoms with Gasteiger partial charge in [-0.15, -0.1) is 0 Å². The number of rotatable bonds is 3. The van der Waals surface area contributed by atoms with Gasteiger partial charge in [-0.1, -0.05) is 0 Å². The summed E-state index contributed by atoms with van der Waals surface area (Å²) in [5.41, 5.74) is 4.71. The number of piperidine rings is 1. The van der Waals surface area contributed by atoms with E-state index in [1.807, 2.05) is 12.1 Å². The van der Waals surface area contributed by atoms with Gasteiger partial charge >= 0.3 is 0 Å². The molecule has 0 bridgehead atoms. The lowest BCUT2D eigenvalue weighted by Crippen LogP contribution is -2.29. The number of nitrogens with two attached hydrogens (primary N) is 1. The molecule has 1 aliphatic heterocycles. The smallest absolute Gasteiger partial charge is 0.268 e. The maximum Gasteiger partial charge on any atom is 0.268 e. The van der Waals surface area contributed by atoms with Gasteiger partial charge in [0.1, 0.15) is 0 Å². The third kappa shape index (κ3) is 2.90. The highest BCUT2D eigenvalue weighted by Gasteiger charge is 2.11. The van der Waals surface area contributed by atoms with Gasteiger partial charge in [0, 0.05) is 25.0 Å². The molecule has 1 fully saturated rings. The number of aromatic nitrogens is 2. The van der Waals surface area contributed by atoms with Gasteiger partial charge in [0.15, 0.2) is 0 Å². The van der Waals surface area contributed by atoms with E-state index in [0.717, 1.165) is 18.8 Å². The van der Waals surface area contributed by atoms with Crippen LogP contribution in [0, 0.1) is 0 Å². The topological polar surface area (TPSA) is 76.2 Å². The molecule has 2 aromatic rings. The Labute approximate surface area is 123 Å². The number of benzene rings is 1. The molecule has 0 atom stereocenters. The average molecular weight is 285 g/mol. The van der Waals surface area contributed by atoms with Crippen LogP contribution in [-0.2, 0) is 0 Å². The van der Waals surface area contributed by atoms with Crippen molar-refractivity contribution < 1.29 is 4.79 Å². The van der Waals surface area contributed by atoms with Crippen molar-refractivity contribution in [1.82, 2.24) is 15.2 Å². The summed E-state index contributed by atoms with van der Waals surface area (Å²) < 4.78 is 1.67. The van der Waals surface area contributed by atoms with E-state index >= 15 is 0 Å². The first-order chi connectivity index (χ1) is 10.3. The standard InChI is InChI=1S/C15H19N5O/c16-18-15(21)12-10-17-20(11-12)14-6-4-13(5-7-14)19-8-2-1-3-9-19/h4-7,10-11H,1-3,8-9,16H2,(H,18,21). The fraction of sp³-hybridized carbons (Fsp3) is 0.333. The van der Waals surface area contributed by atoms with Gasteiger partial charge < -0.3 is 4.90 Å². The maximum absolute atomic E-state index is 11.4. The fourth-order valence-corrected chi connectivity index (χ4v) is 2.63. The molecule has 1 aliphatic rings. The van der Waals surface area contributed by atoms with Gasteiger partial charge in [0.05, 0.1) is 17.4 Å². The Morgan fingerprint density at radius 2 is 1.76 bits per heavy atom. The molecule has 0 saturated carbocycles. The predicted molar refractivity (Wildman–Crippen MR) is 81.3 cm³/mol. The van der Waals surface area contributed by atoms with E-state index in [-0.39, 0.29) is 5.91 Å². The van der Waals surface area contributed by atoms with Gasteiger partial charge in [-0.25, -0.2) is 10.5 Å². The Morgan fingerprint density at radius 3 is 2.43 bits per heavy atom. The first-order valence-electron chi connectivity index (χ1n) is 7.19. The Morgan fingerprint density at radius 1 is 1.10 bits per heavy atom. The number of amides is 1. The Kier molecular flexibility index (Phi) is 3.87. The molecular formula is C15H19N5O. The molecule has 0 spiro atoms. The zero-order valence-electron chi connectivity index (χ0n) is 11.8. The minimum Gasteiger partial charge on any atom is -0.372 e. The molecular weight excluding hydrogens is 266 g/mol. The number of carbonyl (C=O) groups is 1. The van der Waals surface area contributed by atoms with Crippen LogP contribution in [0.2, 0.25) is 0 Å². The quantitative estimate of drug-likeness (QED) is 0.508. The van der Waals surface area contributed by atoms with Crippen molar-refractivity contribution in [1.29, 1.82) is 0 Å². The van der Waals surface area contributed by atoms with Crippen LogP contribution in [0.25, 0.3) is 5.69 Å². The van der Waals surface area contributed by atoms with Crippen molar-refractivity contribution in [2.75, 3.05) is 18.0 Å². The van der Waals surface area contributed by atoms with Gasteiger partial charge in [0.25, 0.3) is 5.91 Å². The third-order valence-electron chi connectivity index (χ3n) is 3.81. The number of carbonyl (C=O) groups excluding carboxylic acids is 1. The number of nitrogens with one attached hydrogen (secondary N) is 1. The van der Waals surface area contributed by atoms with Crippen LogP contribution in [0.4, 0.5) is 5.69 Å². The first-order valence-corrected chi connectivity index (χ1v) is 7.19. The van der Waals surface area contributed by atoms with Crippen LogP contribution < -0.4 is 16.2 Å². The van der Waals surface area contributed by atoms with Gasteiger partial charge in [-0.2, -0.15) is 5.10 Å². The van der Waals surface area contributed by atoms with E-state index in [2.05, 4.69) is 27.6 Å². The van der Waals surface area contributed by atoms with Crippen molar-refractivity contribution in [2.45, 2.75) is 19.3 Å². The third-order valence-corrected chi connectivity index (χ3v) is 3.81. The lowest BCUT2D eigenvalue weighted by atomic mass is 10.1. The Balaban J connectivity index is 1.77. The lowest BCUT2D eigenvalue weighted by molar-refractivity contribution is 0.0953. The molecule has 1 saturated heterocycles. The molecule has 3 rings (SSSR count). The second-order valence-corrected chi connectivity index (χ2v) is 5.21. The van der Waals surface area contributed by atoms with Gasteiger partial charge in [0.2, 0.25) is 0 Å². The Bertz CT molecular complexity index is 613. The summed E-state index contributed by atoms with van der Waals surface area (Å²) in [5, 5.41) is 4.18. The summed E-state index contributed by atoms with van der Waals surface area (Å²) in [7, 11) is 0. The minimum atomic E-state index is -0.341. The van der Waals surface area contributed by atoms with Crippen molar-refractivity contribution in [3.05, 3.63) is 42.2 Å². The second kappa shape index (κ2) is 5.97. The summed E-state index contributed by atoms with van der Waals surface area (Å²) in [6.45, 7) is 2.25. The number of hydrogen-bond donors (Lipinski definition) is 2. The van der Waals surface area contributed by atoms with E-state index in [9.17, 15) is 4.79 Å². The zero-order valence-corrected chi connectivity index (χ0v) is 11.8. The van der Waals surface area contributed by atoms with E-state index in [4.69, 9.17) is 5.84 Å². The molecule has 0 radical (unpaired) electrons. The SMILES string of the molecule is NNC(=O)c1cnn(-c2ccc(N3CCCCC3)cc2)c1. The number of hydrazine groups is 1. The number of nitrogen functional groups attached to an aromatic ring is 1. The molecule has 21 heavy (non-hydrogen) atoms. The summed E-state index contributed by atoms with van der Waals surface area (Å²) in [6.07, 6.45) is 7.02. The van der Waals surface area contributed by atoms with Crippen LogP contribution in [-0.4, -0.2) is 28.8 Å². The summed E-state index contributed by atoms with van der Waals surface area (Å²) in [5.74, 6) is 4.77. The van der Waals surface area contributed by atoms with Crippen LogP contribution >= 0.6 is 0 Å². The molecule has 0 unspecified atom stereocenters. The van der Waals surface area contributed by atoms with E-state index < -0.39 is 0 Å². The molecule has 1 amide bonds. The fourth-order valence-electron chi connectivity index (χ4n) is 2.63. The summed E-state index contributed by atoms with van der Waals surface area (Å²) in [6, 6.07) is 8.23. The minimum absolute atomic E-state index is 0.341. The molecule has 3 N–H and O–H groups in total. The van der Waals surface area contributed by atoms with E-state index in [0.29, 0.717) is 5.56 Å². The lowest BCUT2D eigenvalue weighted by Gasteiger charge is -2.28. The molecule has 1 aromatic carbocycles. The van der Waals surface area contributed by atoms with Gasteiger partial charge in [-0.3, -0.25) is 10.2 Å². The number of hydrogen-bond acceptors (Lipinski definition) is 4. The largest absolute Gasteiger partial charge is 0.372 e. The highest BCUT2D eigenvalue weighted by molar-refractivity contribution is 5.93. The summed E-state index contributed by atoms with van der Waals surface area (Å²) in [4.78, 5) is 13.8. The normalized spacial score (nSPS) is 15.0. The molecule has 0 aliphatic carbocycles. The Hall–Kier alpha value is -2.34. The monoisotopic (exact) mass is 285 g/mol. The van der Waals surface area contributed by atoms with Gasteiger partial charge in [-0.05, 0) is 43.5 Å². The molecule has 2 heterocycles.